The summed E-state index contributed by atoms with van der Waals surface area (Å²) < 4.78 is 17.1. The number of benzene rings is 2. The van der Waals surface area contributed by atoms with Gasteiger partial charge in [0.2, 0.25) is 0 Å². The number of unbranched alkanes of at least 4 members (excludes halogenated alkanes) is 2. The van der Waals surface area contributed by atoms with Crippen molar-refractivity contribution in [2.24, 2.45) is 0 Å². The third-order valence-corrected chi connectivity index (χ3v) is 6.64. The number of aliphatic hydroxyl groups excluding tert-OH is 1. The number of ketones is 1. The highest BCUT2D eigenvalue weighted by molar-refractivity contribution is 6.46. The lowest BCUT2D eigenvalue weighted by atomic mass is 9.95. The Balaban J connectivity index is 1.53. The molecule has 2 aliphatic rings. The number of aliphatic hydroxyl groups is 1. The second kappa shape index (κ2) is 11.4. The molecule has 0 aliphatic carbocycles. The standard InChI is InChI=1S/C30H30N2O6/c1-2-3-4-14-36-23-10-7-21(8-11-23)27-26(28(33)22-9-12-24-25(17-22)38-16-15-37-24)29(34)30(35)32(27)19-20-6-5-13-31-18-20/h5-13,17-18,27,33H,2-4,14-16,19H2,1H3/b28-26+. The number of amides is 1. The number of fused-ring (bicyclic) bond motifs is 1. The Morgan fingerprint density at radius 2 is 1.84 bits per heavy atom. The van der Waals surface area contributed by atoms with Gasteiger partial charge in [0.15, 0.2) is 11.5 Å². The van der Waals surface area contributed by atoms with Crippen LogP contribution in [0.1, 0.15) is 48.9 Å². The fourth-order valence-corrected chi connectivity index (χ4v) is 4.71. The first kappa shape index (κ1) is 25.3. The number of rotatable bonds is 9. The Bertz CT molecular complexity index is 1340. The molecule has 2 aliphatic heterocycles. The lowest BCUT2D eigenvalue weighted by molar-refractivity contribution is -0.140. The van der Waals surface area contributed by atoms with Crippen LogP contribution < -0.4 is 14.2 Å². The minimum absolute atomic E-state index is 0.0205. The number of aromatic nitrogens is 1. The fourth-order valence-electron chi connectivity index (χ4n) is 4.71. The Morgan fingerprint density at radius 1 is 1.05 bits per heavy atom. The van der Waals surface area contributed by atoms with Gasteiger partial charge in [-0.2, -0.15) is 0 Å². The number of hydrogen-bond donors (Lipinski definition) is 1. The Kier molecular flexibility index (Phi) is 7.58. The summed E-state index contributed by atoms with van der Waals surface area (Å²) in [5.74, 6) is 0.0609. The van der Waals surface area contributed by atoms with Gasteiger partial charge >= 0.3 is 0 Å². The van der Waals surface area contributed by atoms with Gasteiger partial charge in [-0.15, -0.1) is 0 Å². The first-order chi connectivity index (χ1) is 18.6. The first-order valence-electron chi connectivity index (χ1n) is 12.9. The van der Waals surface area contributed by atoms with E-state index in [0.717, 1.165) is 24.8 Å². The summed E-state index contributed by atoms with van der Waals surface area (Å²) in [6, 6.07) is 15.1. The van der Waals surface area contributed by atoms with E-state index in [2.05, 4.69) is 11.9 Å². The van der Waals surface area contributed by atoms with Crippen molar-refractivity contribution in [3.05, 3.63) is 89.3 Å². The van der Waals surface area contributed by atoms with Gasteiger partial charge in [-0.3, -0.25) is 14.6 Å². The van der Waals surface area contributed by atoms with Gasteiger partial charge in [-0.25, -0.2) is 0 Å². The van der Waals surface area contributed by atoms with Gasteiger partial charge < -0.3 is 24.2 Å². The van der Waals surface area contributed by atoms with Crippen LogP contribution in [0.2, 0.25) is 0 Å². The maximum atomic E-state index is 13.4. The quantitative estimate of drug-likeness (QED) is 0.185. The minimum Gasteiger partial charge on any atom is -0.507 e. The number of ether oxygens (including phenoxy) is 3. The van der Waals surface area contributed by atoms with Gasteiger partial charge in [-0.1, -0.05) is 38.0 Å². The Morgan fingerprint density at radius 3 is 2.58 bits per heavy atom. The number of nitrogens with zero attached hydrogens (tertiary/aromatic N) is 2. The van der Waals surface area contributed by atoms with Crippen molar-refractivity contribution < 1.29 is 28.9 Å². The summed E-state index contributed by atoms with van der Waals surface area (Å²) in [6.45, 7) is 3.75. The van der Waals surface area contributed by atoms with Gasteiger partial charge in [0, 0.05) is 24.5 Å². The maximum Gasteiger partial charge on any atom is 0.295 e. The van der Waals surface area contributed by atoms with Crippen molar-refractivity contribution in [2.45, 2.75) is 38.8 Å². The number of likely N-dealkylation sites (tertiary alicyclic amines) is 1. The fraction of sp³-hybridized carbons (Fsp3) is 0.300. The van der Waals surface area contributed by atoms with E-state index < -0.39 is 17.7 Å². The van der Waals surface area contributed by atoms with Gasteiger partial charge in [-0.05, 0) is 53.9 Å². The van der Waals surface area contributed by atoms with E-state index in [1.165, 1.54) is 4.90 Å². The van der Waals surface area contributed by atoms with Crippen LogP contribution in [0.15, 0.2) is 72.6 Å². The number of Topliss-reactive ketones (excluding diaryl/α,β-unsaturated/α-hetero) is 1. The van der Waals surface area contributed by atoms with Crippen molar-refractivity contribution in [2.75, 3.05) is 19.8 Å². The Labute approximate surface area is 221 Å². The molecule has 0 spiro atoms. The summed E-state index contributed by atoms with van der Waals surface area (Å²) in [7, 11) is 0. The van der Waals surface area contributed by atoms with Crippen LogP contribution in [0.5, 0.6) is 17.2 Å². The van der Waals surface area contributed by atoms with Crippen LogP contribution in [-0.4, -0.2) is 46.5 Å². The number of hydrogen-bond acceptors (Lipinski definition) is 7. The van der Waals surface area contributed by atoms with Crippen LogP contribution in [-0.2, 0) is 16.1 Å². The molecule has 1 N–H and O–H groups in total. The molecular formula is C30H30N2O6. The summed E-state index contributed by atoms with van der Waals surface area (Å²) in [4.78, 5) is 32.3. The van der Waals surface area contributed by atoms with E-state index in [4.69, 9.17) is 14.2 Å². The average molecular weight is 515 g/mol. The lowest BCUT2D eigenvalue weighted by Crippen LogP contribution is -2.29. The molecule has 1 amide bonds. The maximum absolute atomic E-state index is 13.4. The molecular weight excluding hydrogens is 484 g/mol. The molecule has 3 heterocycles. The van der Waals surface area contributed by atoms with Crippen molar-refractivity contribution in [3.8, 4) is 17.2 Å². The summed E-state index contributed by atoms with van der Waals surface area (Å²) >= 11 is 0. The zero-order chi connectivity index (χ0) is 26.5. The van der Waals surface area contributed by atoms with Crippen LogP contribution in [0, 0.1) is 0 Å². The van der Waals surface area contributed by atoms with E-state index in [0.29, 0.717) is 48.2 Å². The highest BCUT2D eigenvalue weighted by Crippen LogP contribution is 2.42. The zero-order valence-electron chi connectivity index (χ0n) is 21.3. The van der Waals surface area contributed by atoms with E-state index in [1.807, 2.05) is 30.3 Å². The molecule has 8 heteroatoms. The molecule has 1 fully saturated rings. The van der Waals surface area contributed by atoms with Crippen molar-refractivity contribution >= 4 is 17.4 Å². The number of carbonyl (C=O) groups excluding carboxylic acids is 2. The van der Waals surface area contributed by atoms with Crippen molar-refractivity contribution in [3.63, 3.8) is 0 Å². The molecule has 1 atom stereocenters. The molecule has 3 aromatic rings. The van der Waals surface area contributed by atoms with E-state index >= 15 is 0 Å². The molecule has 196 valence electrons. The Hall–Kier alpha value is -4.33. The number of pyridine rings is 1. The van der Waals surface area contributed by atoms with Crippen molar-refractivity contribution in [1.29, 1.82) is 0 Å². The molecule has 1 saturated heterocycles. The van der Waals surface area contributed by atoms with Gasteiger partial charge in [0.1, 0.15) is 24.7 Å². The second-order valence-corrected chi connectivity index (χ2v) is 9.27. The second-order valence-electron chi connectivity index (χ2n) is 9.27. The molecule has 38 heavy (non-hydrogen) atoms. The first-order valence-corrected chi connectivity index (χ1v) is 12.9. The zero-order valence-corrected chi connectivity index (χ0v) is 21.3. The normalized spacial score (nSPS) is 18.0. The summed E-state index contributed by atoms with van der Waals surface area (Å²) in [5, 5.41) is 11.4. The van der Waals surface area contributed by atoms with Crippen molar-refractivity contribution in [1.82, 2.24) is 9.88 Å². The van der Waals surface area contributed by atoms with Gasteiger partial charge in [0.25, 0.3) is 11.7 Å². The van der Waals surface area contributed by atoms with Crippen LogP contribution in [0.3, 0.4) is 0 Å². The van der Waals surface area contributed by atoms with E-state index in [1.54, 1.807) is 36.7 Å². The molecule has 5 rings (SSSR count). The highest BCUT2D eigenvalue weighted by Gasteiger charge is 2.46. The summed E-state index contributed by atoms with van der Waals surface area (Å²) in [5.41, 5.74) is 1.85. The largest absolute Gasteiger partial charge is 0.507 e. The molecule has 0 bridgehead atoms. The number of carbonyl (C=O) groups is 2. The smallest absolute Gasteiger partial charge is 0.295 e. The van der Waals surface area contributed by atoms with Crippen LogP contribution in [0.25, 0.3) is 5.76 Å². The molecule has 1 unspecified atom stereocenters. The molecule has 0 saturated carbocycles. The molecule has 8 nitrogen and oxygen atoms in total. The minimum atomic E-state index is -0.794. The van der Waals surface area contributed by atoms with E-state index in [-0.39, 0.29) is 17.9 Å². The predicted molar refractivity (Wildman–Crippen MR) is 141 cm³/mol. The molecule has 1 aromatic heterocycles. The monoisotopic (exact) mass is 514 g/mol. The SMILES string of the molecule is CCCCCOc1ccc(C2/C(=C(\O)c3ccc4c(c3)OCCO4)C(=O)C(=O)N2Cc2cccnc2)cc1. The molecule has 0 radical (unpaired) electrons. The summed E-state index contributed by atoms with van der Waals surface area (Å²) in [6.07, 6.45) is 6.49. The van der Waals surface area contributed by atoms with Crippen LogP contribution in [0.4, 0.5) is 0 Å². The predicted octanol–water partition coefficient (Wildman–Crippen LogP) is 5.04. The molecule has 2 aromatic carbocycles. The third-order valence-electron chi connectivity index (χ3n) is 6.64. The van der Waals surface area contributed by atoms with Gasteiger partial charge in [0.05, 0.1) is 18.2 Å². The van der Waals surface area contributed by atoms with E-state index in [9.17, 15) is 14.7 Å². The average Bonchev–Trinajstić information content (AvgIpc) is 3.20. The lowest BCUT2D eigenvalue weighted by Gasteiger charge is -2.25. The topological polar surface area (TPSA) is 98.2 Å². The van der Waals surface area contributed by atoms with Crippen LogP contribution >= 0.6 is 0 Å². The third kappa shape index (κ3) is 5.20. The highest BCUT2D eigenvalue weighted by atomic mass is 16.6.